The molecule has 5 heteroatoms. The molecule has 0 aliphatic carbocycles. The topological polar surface area (TPSA) is 66.5 Å². The summed E-state index contributed by atoms with van der Waals surface area (Å²) in [6, 6.07) is 9.93. The van der Waals surface area contributed by atoms with Gasteiger partial charge in [-0.25, -0.2) is 4.68 Å². The molecular formula is C13H15N5. The molecule has 1 heterocycles. The van der Waals surface area contributed by atoms with Gasteiger partial charge in [0.05, 0.1) is 30.1 Å². The van der Waals surface area contributed by atoms with Crippen LogP contribution in [0.2, 0.25) is 0 Å². The Hall–Kier alpha value is -2.19. The number of hydrogen-bond donors (Lipinski definition) is 1. The highest BCUT2D eigenvalue weighted by molar-refractivity contribution is 5.35. The third kappa shape index (κ3) is 2.73. The molecule has 1 N–H and O–H groups in total. The van der Waals surface area contributed by atoms with Gasteiger partial charge in [0, 0.05) is 6.54 Å². The summed E-state index contributed by atoms with van der Waals surface area (Å²) in [5.74, 6) is 0. The quantitative estimate of drug-likeness (QED) is 0.860. The molecule has 0 atom stereocenters. The van der Waals surface area contributed by atoms with Gasteiger partial charge in [-0.05, 0) is 24.2 Å². The molecule has 1 aromatic heterocycles. The third-order valence-electron chi connectivity index (χ3n) is 2.64. The lowest BCUT2D eigenvalue weighted by Gasteiger charge is -2.06. The molecule has 92 valence electrons. The summed E-state index contributed by atoms with van der Waals surface area (Å²) < 4.78 is 1.80. The van der Waals surface area contributed by atoms with Crippen molar-refractivity contribution in [3.63, 3.8) is 0 Å². The fourth-order valence-corrected chi connectivity index (χ4v) is 1.69. The average Bonchev–Trinajstić information content (AvgIpc) is 2.86. The molecule has 5 nitrogen and oxygen atoms in total. The van der Waals surface area contributed by atoms with Crippen LogP contribution in [0, 0.1) is 11.3 Å². The molecular weight excluding hydrogens is 226 g/mol. The fourth-order valence-electron chi connectivity index (χ4n) is 1.69. The van der Waals surface area contributed by atoms with Crippen LogP contribution in [0.1, 0.15) is 18.2 Å². The molecule has 2 aromatic rings. The first-order valence-electron chi connectivity index (χ1n) is 5.91. The maximum Gasteiger partial charge on any atom is 0.0783 e. The smallest absolute Gasteiger partial charge is 0.0783 e. The van der Waals surface area contributed by atoms with E-state index in [2.05, 4.69) is 28.6 Å². The molecule has 0 aliphatic rings. The van der Waals surface area contributed by atoms with Crippen molar-refractivity contribution in [1.29, 1.82) is 5.26 Å². The van der Waals surface area contributed by atoms with E-state index < -0.39 is 0 Å². The second-order valence-electron chi connectivity index (χ2n) is 3.92. The first kappa shape index (κ1) is 12.3. The zero-order chi connectivity index (χ0) is 12.8. The zero-order valence-corrected chi connectivity index (χ0v) is 10.3. The highest BCUT2D eigenvalue weighted by atomic mass is 15.4. The Labute approximate surface area is 106 Å². The van der Waals surface area contributed by atoms with Crippen molar-refractivity contribution in [3.8, 4) is 11.8 Å². The molecule has 0 saturated heterocycles. The van der Waals surface area contributed by atoms with Gasteiger partial charge < -0.3 is 5.32 Å². The molecule has 2 rings (SSSR count). The predicted octanol–water partition coefficient (Wildman–Crippen LogP) is 1.44. The molecule has 1 aromatic carbocycles. The van der Waals surface area contributed by atoms with E-state index in [9.17, 15) is 0 Å². The average molecular weight is 241 g/mol. The zero-order valence-electron chi connectivity index (χ0n) is 10.3. The van der Waals surface area contributed by atoms with Gasteiger partial charge in [-0.15, -0.1) is 5.10 Å². The standard InChI is InChI=1S/C13H15N5/c1-2-15-9-13-10-16-17-18(13)12-5-3-11(4-6-12)7-8-14/h3-6,10,15H,2,7,9H2,1H3. The summed E-state index contributed by atoms with van der Waals surface area (Å²) in [6.45, 7) is 3.71. The largest absolute Gasteiger partial charge is 0.311 e. The van der Waals surface area contributed by atoms with Crippen LogP contribution >= 0.6 is 0 Å². The van der Waals surface area contributed by atoms with Gasteiger partial charge in [-0.1, -0.05) is 24.3 Å². The Bertz CT molecular complexity index is 535. The SMILES string of the molecule is CCNCc1cnnn1-c1ccc(CC#N)cc1. The van der Waals surface area contributed by atoms with E-state index in [4.69, 9.17) is 5.26 Å². The summed E-state index contributed by atoms with van der Waals surface area (Å²) in [5.41, 5.74) is 2.99. The van der Waals surface area contributed by atoms with Crippen molar-refractivity contribution < 1.29 is 0 Å². The predicted molar refractivity (Wildman–Crippen MR) is 68.1 cm³/mol. The Morgan fingerprint density at radius 3 is 2.78 bits per heavy atom. The number of rotatable bonds is 5. The molecule has 0 aliphatic heterocycles. The number of aromatic nitrogens is 3. The van der Waals surface area contributed by atoms with Crippen LogP contribution in [0.3, 0.4) is 0 Å². The van der Waals surface area contributed by atoms with Crippen LogP contribution in [0.5, 0.6) is 0 Å². The van der Waals surface area contributed by atoms with Crippen LogP contribution in [-0.4, -0.2) is 21.5 Å². The minimum Gasteiger partial charge on any atom is -0.311 e. The molecule has 0 fully saturated rings. The lowest BCUT2D eigenvalue weighted by Crippen LogP contribution is -2.15. The van der Waals surface area contributed by atoms with Gasteiger partial charge in [-0.3, -0.25) is 0 Å². The molecule has 0 bridgehead atoms. The second-order valence-corrected chi connectivity index (χ2v) is 3.92. The van der Waals surface area contributed by atoms with Crippen molar-refractivity contribution in [2.75, 3.05) is 6.54 Å². The number of benzene rings is 1. The number of nitriles is 1. The molecule has 18 heavy (non-hydrogen) atoms. The Morgan fingerprint density at radius 2 is 2.11 bits per heavy atom. The highest BCUT2D eigenvalue weighted by Gasteiger charge is 2.05. The van der Waals surface area contributed by atoms with E-state index >= 15 is 0 Å². The molecule has 0 spiro atoms. The van der Waals surface area contributed by atoms with Crippen molar-refractivity contribution in [2.24, 2.45) is 0 Å². The monoisotopic (exact) mass is 241 g/mol. The van der Waals surface area contributed by atoms with Gasteiger partial charge in [0.1, 0.15) is 0 Å². The van der Waals surface area contributed by atoms with Crippen LogP contribution in [-0.2, 0) is 13.0 Å². The van der Waals surface area contributed by atoms with Gasteiger partial charge in [-0.2, -0.15) is 5.26 Å². The van der Waals surface area contributed by atoms with Crippen LogP contribution in [0.4, 0.5) is 0 Å². The number of nitrogens with zero attached hydrogens (tertiary/aromatic N) is 4. The van der Waals surface area contributed by atoms with Gasteiger partial charge in [0.25, 0.3) is 0 Å². The summed E-state index contributed by atoms with van der Waals surface area (Å²) in [6.07, 6.45) is 2.19. The molecule has 0 radical (unpaired) electrons. The maximum absolute atomic E-state index is 8.63. The summed E-state index contributed by atoms with van der Waals surface area (Å²) in [4.78, 5) is 0. The van der Waals surface area contributed by atoms with Crippen LogP contribution in [0.25, 0.3) is 5.69 Å². The van der Waals surface area contributed by atoms with E-state index in [1.54, 1.807) is 10.9 Å². The van der Waals surface area contributed by atoms with Crippen LogP contribution < -0.4 is 5.32 Å². The van der Waals surface area contributed by atoms with E-state index in [1.165, 1.54) is 0 Å². The fraction of sp³-hybridized carbons (Fsp3) is 0.308. The Kier molecular flexibility index (Phi) is 4.05. The lowest BCUT2D eigenvalue weighted by molar-refractivity contribution is 0.672. The summed E-state index contributed by atoms with van der Waals surface area (Å²) >= 11 is 0. The van der Waals surface area contributed by atoms with Crippen molar-refractivity contribution >= 4 is 0 Å². The molecule has 0 unspecified atom stereocenters. The summed E-state index contributed by atoms with van der Waals surface area (Å²) in [7, 11) is 0. The van der Waals surface area contributed by atoms with E-state index in [1.807, 2.05) is 24.3 Å². The van der Waals surface area contributed by atoms with Crippen molar-refractivity contribution in [3.05, 3.63) is 41.7 Å². The van der Waals surface area contributed by atoms with Crippen molar-refractivity contribution in [2.45, 2.75) is 19.9 Å². The Balaban J connectivity index is 2.20. The van der Waals surface area contributed by atoms with Gasteiger partial charge in [0.15, 0.2) is 0 Å². The second kappa shape index (κ2) is 5.94. The summed E-state index contributed by atoms with van der Waals surface area (Å²) in [5, 5.41) is 19.9. The molecule has 0 saturated carbocycles. The highest BCUT2D eigenvalue weighted by Crippen LogP contribution is 2.11. The van der Waals surface area contributed by atoms with E-state index in [-0.39, 0.29) is 0 Å². The third-order valence-corrected chi connectivity index (χ3v) is 2.64. The normalized spacial score (nSPS) is 10.2. The molecule has 0 amide bonds. The van der Waals surface area contributed by atoms with Crippen molar-refractivity contribution in [1.82, 2.24) is 20.3 Å². The minimum absolute atomic E-state index is 0.432. The first-order valence-corrected chi connectivity index (χ1v) is 5.91. The van der Waals surface area contributed by atoms with Gasteiger partial charge >= 0.3 is 0 Å². The van der Waals surface area contributed by atoms with Crippen LogP contribution in [0.15, 0.2) is 30.5 Å². The lowest BCUT2D eigenvalue weighted by atomic mass is 10.1. The van der Waals surface area contributed by atoms with E-state index in [0.29, 0.717) is 6.42 Å². The first-order chi connectivity index (χ1) is 8.85. The maximum atomic E-state index is 8.63. The van der Waals surface area contributed by atoms with E-state index in [0.717, 1.165) is 30.0 Å². The minimum atomic E-state index is 0.432. The Morgan fingerprint density at radius 1 is 1.33 bits per heavy atom. The van der Waals surface area contributed by atoms with Gasteiger partial charge in [0.2, 0.25) is 0 Å². The number of nitrogens with one attached hydrogen (secondary N) is 1. The number of hydrogen-bond acceptors (Lipinski definition) is 4.